The third-order valence-electron chi connectivity index (χ3n) is 7.30. The summed E-state index contributed by atoms with van der Waals surface area (Å²) < 4.78 is 32.4. The van der Waals surface area contributed by atoms with Gasteiger partial charge in [-0.1, -0.05) is 133 Å². The molecule has 46 heavy (non-hydrogen) atoms. The van der Waals surface area contributed by atoms with Gasteiger partial charge in [-0.25, -0.2) is 9.13 Å². The Kier molecular flexibility index (Phi) is 8.76. The number of phosphoric acid groups is 2. The van der Waals surface area contributed by atoms with Crippen molar-refractivity contribution in [2.45, 2.75) is 0 Å². The van der Waals surface area contributed by atoms with Crippen LogP contribution in [0, 0.1) is 0 Å². The third kappa shape index (κ3) is 6.74. The van der Waals surface area contributed by atoms with Crippen molar-refractivity contribution in [3.63, 3.8) is 0 Å². The SMILES string of the molecule is O=P(O)(O)OP(=O)(O)Oc1ccc(-c2c(-c3ccccc3)c(-c3ccccc3)c(O)c(-c3ccccc3)c2-c2ccccc2)cc1. The predicted octanol–water partition coefficient (Wildman–Crippen LogP) is 9.32. The highest BCUT2D eigenvalue weighted by atomic mass is 31.3. The highest BCUT2D eigenvalue weighted by Gasteiger charge is 2.34. The number of phosphoric ester groups is 1. The van der Waals surface area contributed by atoms with Gasteiger partial charge in [0, 0.05) is 22.3 Å². The highest BCUT2D eigenvalue weighted by Crippen LogP contribution is 2.58. The first-order valence-electron chi connectivity index (χ1n) is 14.2. The zero-order valence-corrected chi connectivity index (χ0v) is 26.0. The number of rotatable bonds is 9. The molecule has 6 rings (SSSR count). The molecule has 1 atom stereocenters. The molecule has 0 saturated heterocycles. The molecule has 0 amide bonds. The second-order valence-electron chi connectivity index (χ2n) is 10.3. The molecule has 8 nitrogen and oxygen atoms in total. The summed E-state index contributed by atoms with van der Waals surface area (Å²) in [6.45, 7) is 0. The van der Waals surface area contributed by atoms with Crippen LogP contribution >= 0.6 is 15.6 Å². The van der Waals surface area contributed by atoms with E-state index in [1.807, 2.05) is 121 Å². The summed E-state index contributed by atoms with van der Waals surface area (Å²) in [5.41, 5.74) is 7.51. The molecule has 1 unspecified atom stereocenters. The largest absolute Gasteiger partial charge is 0.536 e. The van der Waals surface area contributed by atoms with Crippen LogP contribution in [0.15, 0.2) is 146 Å². The van der Waals surface area contributed by atoms with E-state index < -0.39 is 15.6 Å². The Morgan fingerprint density at radius 3 is 1.07 bits per heavy atom. The molecular formula is C36H28O8P2. The molecule has 0 aliphatic rings. The van der Waals surface area contributed by atoms with Crippen molar-refractivity contribution < 1.29 is 37.8 Å². The lowest BCUT2D eigenvalue weighted by Crippen LogP contribution is -1.99. The molecule has 10 heteroatoms. The lowest BCUT2D eigenvalue weighted by molar-refractivity contribution is 0.229. The van der Waals surface area contributed by atoms with E-state index in [9.17, 15) is 19.1 Å². The lowest BCUT2D eigenvalue weighted by Gasteiger charge is -2.26. The maximum Gasteiger partial charge on any atom is 0.536 e. The van der Waals surface area contributed by atoms with Gasteiger partial charge in [-0.2, -0.15) is 4.31 Å². The summed E-state index contributed by atoms with van der Waals surface area (Å²) in [5.74, 6) is -0.0366. The Morgan fingerprint density at radius 2 is 0.717 bits per heavy atom. The molecule has 6 aromatic rings. The Labute approximate surface area is 265 Å². The summed E-state index contributed by atoms with van der Waals surface area (Å²) in [6.07, 6.45) is 0. The minimum Gasteiger partial charge on any atom is -0.507 e. The molecule has 6 aromatic carbocycles. The van der Waals surface area contributed by atoms with Gasteiger partial charge < -0.3 is 19.4 Å². The van der Waals surface area contributed by atoms with Crippen LogP contribution in [0.3, 0.4) is 0 Å². The summed E-state index contributed by atoms with van der Waals surface area (Å²) >= 11 is 0. The molecule has 0 aliphatic heterocycles. The van der Waals surface area contributed by atoms with Crippen molar-refractivity contribution in [1.82, 2.24) is 0 Å². The second-order valence-corrected chi connectivity index (χ2v) is 13.1. The molecular weight excluding hydrogens is 622 g/mol. The van der Waals surface area contributed by atoms with Gasteiger partial charge in [-0.15, -0.1) is 0 Å². The lowest BCUT2D eigenvalue weighted by atomic mass is 9.78. The Balaban J connectivity index is 1.71. The summed E-state index contributed by atoms with van der Waals surface area (Å²) in [7, 11) is -10.4. The molecule has 4 N–H and O–H groups in total. The molecule has 0 aromatic heterocycles. The Morgan fingerprint density at radius 1 is 0.413 bits per heavy atom. The van der Waals surface area contributed by atoms with Crippen LogP contribution in [0.1, 0.15) is 0 Å². The third-order valence-corrected chi connectivity index (χ3v) is 9.41. The van der Waals surface area contributed by atoms with Crippen LogP contribution in [0.2, 0.25) is 0 Å². The number of phenolic OH excluding ortho intramolecular Hbond substituents is 1. The standard InChI is InChI=1S/C36H28O8P2/c37-36-34(27-17-9-3-10-18-27)32(25-13-5-1-6-14-25)31(29-21-23-30(24-22-29)43-46(41,42)44-45(38,39)40)33(26-15-7-2-8-16-26)35(36)28-19-11-4-12-20-28/h1-24,37H,(H,41,42)(H2,38,39,40). The van der Waals surface area contributed by atoms with Gasteiger partial charge in [-0.05, 0) is 45.5 Å². The topological polar surface area (TPSA) is 134 Å². The monoisotopic (exact) mass is 650 g/mol. The Bertz CT molecular complexity index is 1960. The molecule has 230 valence electrons. The van der Waals surface area contributed by atoms with Crippen LogP contribution in [0.5, 0.6) is 11.5 Å². The highest BCUT2D eigenvalue weighted by molar-refractivity contribution is 7.60. The number of hydrogen-bond donors (Lipinski definition) is 4. The van der Waals surface area contributed by atoms with E-state index >= 15 is 0 Å². The second kappa shape index (κ2) is 12.9. The fourth-order valence-electron chi connectivity index (χ4n) is 5.55. The molecule has 0 radical (unpaired) electrons. The van der Waals surface area contributed by atoms with Crippen molar-refractivity contribution in [1.29, 1.82) is 0 Å². The molecule has 0 aliphatic carbocycles. The minimum atomic E-state index is -5.30. The van der Waals surface area contributed by atoms with Gasteiger partial charge >= 0.3 is 15.6 Å². The van der Waals surface area contributed by atoms with E-state index in [1.54, 1.807) is 12.1 Å². The molecule has 0 fully saturated rings. The molecule has 0 heterocycles. The maximum atomic E-state index is 12.4. The number of hydrogen-bond acceptors (Lipinski definition) is 5. The average molecular weight is 651 g/mol. The van der Waals surface area contributed by atoms with Gasteiger partial charge in [0.05, 0.1) is 0 Å². The molecule has 0 spiro atoms. The van der Waals surface area contributed by atoms with Crippen molar-refractivity contribution >= 4 is 15.6 Å². The fourth-order valence-corrected chi connectivity index (χ4v) is 7.15. The zero-order chi connectivity index (χ0) is 32.3. The van der Waals surface area contributed by atoms with E-state index in [2.05, 4.69) is 4.31 Å². The van der Waals surface area contributed by atoms with Gasteiger partial charge in [0.25, 0.3) is 0 Å². The fraction of sp³-hybridized carbons (Fsp3) is 0. The van der Waals surface area contributed by atoms with Gasteiger partial charge in [0.2, 0.25) is 0 Å². The minimum absolute atomic E-state index is 0.106. The van der Waals surface area contributed by atoms with E-state index in [0.717, 1.165) is 38.9 Å². The smallest absolute Gasteiger partial charge is 0.507 e. The van der Waals surface area contributed by atoms with E-state index in [0.29, 0.717) is 16.7 Å². The predicted molar refractivity (Wildman–Crippen MR) is 179 cm³/mol. The van der Waals surface area contributed by atoms with Crippen LogP contribution < -0.4 is 4.52 Å². The molecule has 0 bridgehead atoms. The summed E-state index contributed by atoms with van der Waals surface area (Å²) in [5, 5.41) is 12.4. The summed E-state index contributed by atoms with van der Waals surface area (Å²) in [6, 6.07) is 44.9. The van der Waals surface area contributed by atoms with E-state index in [1.165, 1.54) is 12.1 Å². The van der Waals surface area contributed by atoms with Crippen molar-refractivity contribution in [3.05, 3.63) is 146 Å². The number of benzene rings is 6. The maximum absolute atomic E-state index is 12.4. The Hall–Kier alpha value is -4.78. The number of aromatic hydroxyl groups is 1. The first kappa shape index (κ1) is 31.2. The normalized spacial score (nSPS) is 12.8. The van der Waals surface area contributed by atoms with Gasteiger partial charge in [0.15, 0.2) is 0 Å². The first-order valence-corrected chi connectivity index (χ1v) is 17.2. The van der Waals surface area contributed by atoms with Crippen LogP contribution in [0.25, 0.3) is 55.6 Å². The van der Waals surface area contributed by atoms with Crippen LogP contribution in [-0.4, -0.2) is 19.8 Å². The van der Waals surface area contributed by atoms with E-state index in [4.69, 9.17) is 14.3 Å². The van der Waals surface area contributed by atoms with Crippen molar-refractivity contribution in [3.8, 4) is 67.1 Å². The van der Waals surface area contributed by atoms with E-state index in [-0.39, 0.29) is 11.5 Å². The van der Waals surface area contributed by atoms with Crippen LogP contribution in [0.4, 0.5) is 0 Å². The average Bonchev–Trinajstić information content (AvgIpc) is 3.05. The van der Waals surface area contributed by atoms with Crippen molar-refractivity contribution in [2.24, 2.45) is 0 Å². The van der Waals surface area contributed by atoms with Crippen molar-refractivity contribution in [2.75, 3.05) is 0 Å². The van der Waals surface area contributed by atoms with Gasteiger partial charge in [0.1, 0.15) is 11.5 Å². The molecule has 0 saturated carbocycles. The quantitative estimate of drug-likeness (QED) is 0.114. The first-order chi connectivity index (χ1) is 22.1. The summed E-state index contributed by atoms with van der Waals surface area (Å²) in [4.78, 5) is 28.0. The van der Waals surface area contributed by atoms with Crippen LogP contribution in [-0.2, 0) is 13.4 Å². The zero-order valence-electron chi connectivity index (χ0n) is 24.2. The van der Waals surface area contributed by atoms with Gasteiger partial charge in [-0.3, -0.25) is 4.89 Å². The number of phenols is 1.